The van der Waals surface area contributed by atoms with Crippen molar-refractivity contribution < 1.29 is 5.11 Å². The molecular formula is C10H13NO. The van der Waals surface area contributed by atoms with Gasteiger partial charge in [0.15, 0.2) is 0 Å². The summed E-state index contributed by atoms with van der Waals surface area (Å²) in [6.07, 6.45) is 0. The van der Waals surface area contributed by atoms with E-state index < -0.39 is 0 Å². The molecule has 0 heterocycles. The number of nitrogens with one attached hydrogen (secondary N) is 1. The number of para-hydroxylation sites is 1. The number of phenols is 1. The number of phenolic OH excluding ortho intramolecular Hbond substituents is 1. The molecule has 2 N–H and O–H groups in total. The topological polar surface area (TPSA) is 32.3 Å². The third-order valence-corrected chi connectivity index (χ3v) is 1.68. The highest BCUT2D eigenvalue weighted by Gasteiger charge is 2.01. The van der Waals surface area contributed by atoms with E-state index in [1.54, 1.807) is 12.1 Å². The molecule has 0 fully saturated rings. The minimum atomic E-state index is 0.290. The van der Waals surface area contributed by atoms with Crippen LogP contribution in [-0.4, -0.2) is 18.7 Å². The zero-order valence-corrected chi connectivity index (χ0v) is 7.17. The Hall–Kier alpha value is -1.28. The molecule has 0 amide bonds. The predicted octanol–water partition coefficient (Wildman–Crippen LogP) is 1.62. The molecule has 2 heteroatoms. The highest BCUT2D eigenvalue weighted by molar-refractivity contribution is 5.69. The molecular weight excluding hydrogens is 150 g/mol. The third-order valence-electron chi connectivity index (χ3n) is 1.68. The molecule has 0 spiro atoms. The summed E-state index contributed by atoms with van der Waals surface area (Å²) in [5.74, 6) is 0.290. The lowest BCUT2D eigenvalue weighted by Crippen LogP contribution is -2.08. The van der Waals surface area contributed by atoms with Gasteiger partial charge in [0.1, 0.15) is 5.75 Å². The standard InChI is InChI=1S/C10H13NO/c1-8(7-11-2)9-5-3-4-6-10(9)12/h3-6,11-12H,1,7H2,2H3. The Bertz CT molecular complexity index is 281. The van der Waals surface area contributed by atoms with Crippen molar-refractivity contribution in [2.24, 2.45) is 0 Å². The second-order valence-corrected chi connectivity index (χ2v) is 2.65. The summed E-state index contributed by atoms with van der Waals surface area (Å²) < 4.78 is 0. The summed E-state index contributed by atoms with van der Waals surface area (Å²) in [6.45, 7) is 4.55. The van der Waals surface area contributed by atoms with Crippen LogP contribution < -0.4 is 5.32 Å². The quantitative estimate of drug-likeness (QED) is 0.709. The van der Waals surface area contributed by atoms with Crippen molar-refractivity contribution in [1.82, 2.24) is 5.32 Å². The van der Waals surface area contributed by atoms with Crippen LogP contribution in [0.2, 0.25) is 0 Å². The van der Waals surface area contributed by atoms with E-state index >= 15 is 0 Å². The normalized spacial score (nSPS) is 9.75. The van der Waals surface area contributed by atoms with Gasteiger partial charge in [0.05, 0.1) is 0 Å². The molecule has 1 aromatic rings. The summed E-state index contributed by atoms with van der Waals surface area (Å²) in [6, 6.07) is 7.20. The Balaban J connectivity index is 2.87. The van der Waals surface area contributed by atoms with Gasteiger partial charge in [-0.05, 0) is 18.7 Å². The average molecular weight is 163 g/mol. The van der Waals surface area contributed by atoms with Crippen LogP contribution in [-0.2, 0) is 0 Å². The predicted molar refractivity (Wildman–Crippen MR) is 51.1 cm³/mol. The van der Waals surface area contributed by atoms with Gasteiger partial charge in [-0.2, -0.15) is 0 Å². The maximum absolute atomic E-state index is 9.42. The first-order chi connectivity index (χ1) is 5.75. The monoisotopic (exact) mass is 163 g/mol. The fraction of sp³-hybridized carbons (Fsp3) is 0.200. The summed E-state index contributed by atoms with van der Waals surface area (Å²) in [7, 11) is 1.85. The molecule has 0 aliphatic heterocycles. The summed E-state index contributed by atoms with van der Waals surface area (Å²) in [5, 5.41) is 12.4. The number of likely N-dealkylation sites (N-methyl/N-ethyl adjacent to an activating group) is 1. The number of rotatable bonds is 3. The zero-order chi connectivity index (χ0) is 8.97. The number of hydrogen-bond donors (Lipinski definition) is 2. The van der Waals surface area contributed by atoms with E-state index in [2.05, 4.69) is 11.9 Å². The van der Waals surface area contributed by atoms with Crippen LogP contribution in [0.4, 0.5) is 0 Å². The molecule has 0 saturated heterocycles. The van der Waals surface area contributed by atoms with Gasteiger partial charge in [-0.25, -0.2) is 0 Å². The second-order valence-electron chi connectivity index (χ2n) is 2.65. The fourth-order valence-electron chi connectivity index (χ4n) is 1.08. The molecule has 0 bridgehead atoms. The van der Waals surface area contributed by atoms with Crippen molar-refractivity contribution in [3.05, 3.63) is 36.4 Å². The molecule has 0 aromatic heterocycles. The van der Waals surface area contributed by atoms with Gasteiger partial charge in [0.25, 0.3) is 0 Å². The van der Waals surface area contributed by atoms with E-state index in [9.17, 15) is 5.11 Å². The fourth-order valence-corrected chi connectivity index (χ4v) is 1.08. The lowest BCUT2D eigenvalue weighted by atomic mass is 10.1. The Labute approximate surface area is 72.5 Å². The molecule has 1 aromatic carbocycles. The van der Waals surface area contributed by atoms with Crippen LogP contribution >= 0.6 is 0 Å². The molecule has 2 nitrogen and oxygen atoms in total. The molecule has 1 rings (SSSR count). The second kappa shape index (κ2) is 3.93. The van der Waals surface area contributed by atoms with E-state index in [0.29, 0.717) is 6.54 Å². The highest BCUT2D eigenvalue weighted by atomic mass is 16.3. The molecule has 0 unspecified atom stereocenters. The first kappa shape index (κ1) is 8.81. The van der Waals surface area contributed by atoms with Crippen LogP contribution in [0.5, 0.6) is 5.75 Å². The molecule has 12 heavy (non-hydrogen) atoms. The van der Waals surface area contributed by atoms with Crippen molar-refractivity contribution in [1.29, 1.82) is 0 Å². The number of aromatic hydroxyl groups is 1. The van der Waals surface area contributed by atoms with E-state index in [4.69, 9.17) is 0 Å². The largest absolute Gasteiger partial charge is 0.507 e. The van der Waals surface area contributed by atoms with Gasteiger partial charge < -0.3 is 10.4 Å². The molecule has 0 aliphatic rings. The molecule has 64 valence electrons. The van der Waals surface area contributed by atoms with Crippen molar-refractivity contribution >= 4 is 5.57 Å². The Morgan fingerprint density at radius 3 is 2.75 bits per heavy atom. The Kier molecular flexibility index (Phi) is 2.88. The molecule has 0 aliphatic carbocycles. The first-order valence-electron chi connectivity index (χ1n) is 3.86. The zero-order valence-electron chi connectivity index (χ0n) is 7.17. The van der Waals surface area contributed by atoms with Crippen LogP contribution in [0.3, 0.4) is 0 Å². The van der Waals surface area contributed by atoms with Crippen molar-refractivity contribution in [2.45, 2.75) is 0 Å². The van der Waals surface area contributed by atoms with Crippen molar-refractivity contribution in [3.8, 4) is 5.75 Å². The maximum atomic E-state index is 9.42. The van der Waals surface area contributed by atoms with Gasteiger partial charge in [-0.1, -0.05) is 24.8 Å². The van der Waals surface area contributed by atoms with Gasteiger partial charge in [0, 0.05) is 12.1 Å². The van der Waals surface area contributed by atoms with E-state index in [1.807, 2.05) is 19.2 Å². The molecule has 0 radical (unpaired) electrons. The van der Waals surface area contributed by atoms with Crippen molar-refractivity contribution in [2.75, 3.05) is 13.6 Å². The SMILES string of the molecule is C=C(CNC)c1ccccc1O. The van der Waals surface area contributed by atoms with Gasteiger partial charge in [-0.15, -0.1) is 0 Å². The van der Waals surface area contributed by atoms with Crippen LogP contribution in [0.15, 0.2) is 30.8 Å². The van der Waals surface area contributed by atoms with Gasteiger partial charge in [0.2, 0.25) is 0 Å². The number of hydrogen-bond acceptors (Lipinski definition) is 2. The molecule has 0 saturated carbocycles. The smallest absolute Gasteiger partial charge is 0.123 e. The summed E-state index contributed by atoms with van der Waals surface area (Å²) >= 11 is 0. The highest BCUT2D eigenvalue weighted by Crippen LogP contribution is 2.22. The van der Waals surface area contributed by atoms with Crippen LogP contribution in [0.25, 0.3) is 5.57 Å². The third kappa shape index (κ3) is 1.86. The maximum Gasteiger partial charge on any atom is 0.123 e. The van der Waals surface area contributed by atoms with Gasteiger partial charge >= 0.3 is 0 Å². The lowest BCUT2D eigenvalue weighted by molar-refractivity contribution is 0.473. The van der Waals surface area contributed by atoms with Gasteiger partial charge in [-0.3, -0.25) is 0 Å². The minimum absolute atomic E-state index is 0.290. The first-order valence-corrected chi connectivity index (χ1v) is 3.86. The molecule has 0 atom stereocenters. The summed E-state index contributed by atoms with van der Waals surface area (Å²) in [5.41, 5.74) is 1.71. The van der Waals surface area contributed by atoms with E-state index in [1.165, 1.54) is 0 Å². The summed E-state index contributed by atoms with van der Waals surface area (Å²) in [4.78, 5) is 0. The van der Waals surface area contributed by atoms with Crippen molar-refractivity contribution in [3.63, 3.8) is 0 Å². The Morgan fingerprint density at radius 1 is 1.50 bits per heavy atom. The van der Waals surface area contributed by atoms with E-state index in [0.717, 1.165) is 11.1 Å². The van der Waals surface area contributed by atoms with Crippen LogP contribution in [0.1, 0.15) is 5.56 Å². The Morgan fingerprint density at radius 2 is 2.17 bits per heavy atom. The minimum Gasteiger partial charge on any atom is -0.507 e. The van der Waals surface area contributed by atoms with Crippen LogP contribution in [0, 0.1) is 0 Å². The average Bonchev–Trinajstić information content (AvgIpc) is 2.05. The lowest BCUT2D eigenvalue weighted by Gasteiger charge is -2.06. The number of benzene rings is 1. The van der Waals surface area contributed by atoms with E-state index in [-0.39, 0.29) is 5.75 Å².